The monoisotopic (exact) mass is 227 g/mol. The third-order valence-corrected chi connectivity index (χ3v) is 4.30. The summed E-state index contributed by atoms with van der Waals surface area (Å²) in [4.78, 5) is 11.3. The molecule has 1 saturated carbocycles. The van der Waals surface area contributed by atoms with E-state index in [0.717, 1.165) is 6.54 Å². The molecule has 1 aliphatic carbocycles. The molecule has 0 atom stereocenters. The van der Waals surface area contributed by atoms with E-state index in [0.29, 0.717) is 23.3 Å². The van der Waals surface area contributed by atoms with Crippen molar-refractivity contribution in [3.63, 3.8) is 0 Å². The zero-order valence-electron chi connectivity index (χ0n) is 11.4. The minimum atomic E-state index is -0.161. The summed E-state index contributed by atoms with van der Waals surface area (Å²) in [6.45, 7) is 14.1. The molecule has 1 fully saturated rings. The SMILES string of the molecule is CC(C)OC(=O)CNCC1C(C)(C)C1(C)C. The minimum Gasteiger partial charge on any atom is -0.462 e. The molecule has 0 saturated heterocycles. The van der Waals surface area contributed by atoms with Crippen LogP contribution < -0.4 is 5.32 Å². The van der Waals surface area contributed by atoms with Crippen molar-refractivity contribution < 1.29 is 9.53 Å². The second-order valence-corrected chi connectivity index (χ2v) is 6.17. The van der Waals surface area contributed by atoms with Gasteiger partial charge in [-0.2, -0.15) is 0 Å². The first-order valence-electron chi connectivity index (χ1n) is 6.09. The Morgan fingerprint density at radius 3 is 2.12 bits per heavy atom. The number of carbonyl (C=O) groups excluding carboxylic acids is 1. The molecule has 0 aliphatic heterocycles. The minimum absolute atomic E-state index is 0.0249. The molecule has 3 nitrogen and oxygen atoms in total. The molecule has 0 aromatic rings. The summed E-state index contributed by atoms with van der Waals surface area (Å²) in [5.41, 5.74) is 0.754. The van der Waals surface area contributed by atoms with Crippen molar-refractivity contribution >= 4 is 5.97 Å². The molecule has 94 valence electrons. The molecule has 1 aliphatic rings. The van der Waals surface area contributed by atoms with Crippen LogP contribution in [0.4, 0.5) is 0 Å². The third-order valence-electron chi connectivity index (χ3n) is 4.30. The summed E-state index contributed by atoms with van der Waals surface area (Å²) in [7, 11) is 0. The highest BCUT2D eigenvalue weighted by Gasteiger charge is 2.63. The van der Waals surface area contributed by atoms with Gasteiger partial charge in [-0.25, -0.2) is 0 Å². The van der Waals surface area contributed by atoms with Gasteiger partial charge < -0.3 is 10.1 Å². The zero-order valence-corrected chi connectivity index (χ0v) is 11.4. The summed E-state index contributed by atoms with van der Waals surface area (Å²) in [6.07, 6.45) is -0.0249. The van der Waals surface area contributed by atoms with Gasteiger partial charge in [0.25, 0.3) is 0 Å². The molecule has 0 spiro atoms. The van der Waals surface area contributed by atoms with E-state index in [1.807, 2.05) is 13.8 Å². The van der Waals surface area contributed by atoms with E-state index in [1.54, 1.807) is 0 Å². The molecule has 3 heteroatoms. The lowest BCUT2D eigenvalue weighted by molar-refractivity contribution is -0.146. The molecule has 16 heavy (non-hydrogen) atoms. The number of carbonyl (C=O) groups is 1. The lowest BCUT2D eigenvalue weighted by atomic mass is 10.0. The van der Waals surface area contributed by atoms with Crippen LogP contribution in [0.1, 0.15) is 41.5 Å². The van der Waals surface area contributed by atoms with Crippen LogP contribution in [0.5, 0.6) is 0 Å². The maximum Gasteiger partial charge on any atom is 0.320 e. The highest BCUT2D eigenvalue weighted by Crippen LogP contribution is 2.67. The van der Waals surface area contributed by atoms with Crippen LogP contribution in [-0.2, 0) is 9.53 Å². The van der Waals surface area contributed by atoms with E-state index in [-0.39, 0.29) is 12.1 Å². The quantitative estimate of drug-likeness (QED) is 0.732. The standard InChI is InChI=1S/C13H25NO2/c1-9(2)16-11(15)8-14-7-10-12(3,4)13(10,5)6/h9-10,14H,7-8H2,1-6H3. The zero-order chi connectivity index (χ0) is 12.6. The van der Waals surface area contributed by atoms with Crippen LogP contribution in [0, 0.1) is 16.7 Å². The fraction of sp³-hybridized carbons (Fsp3) is 0.923. The molecular formula is C13H25NO2. The Labute approximate surface area is 98.9 Å². The smallest absolute Gasteiger partial charge is 0.320 e. The summed E-state index contributed by atoms with van der Waals surface area (Å²) in [5, 5.41) is 3.19. The van der Waals surface area contributed by atoms with E-state index in [1.165, 1.54) is 0 Å². The van der Waals surface area contributed by atoms with Crippen LogP contribution in [0.25, 0.3) is 0 Å². The molecule has 0 bridgehead atoms. The summed E-state index contributed by atoms with van der Waals surface area (Å²) in [5.74, 6) is 0.484. The van der Waals surface area contributed by atoms with Crippen molar-refractivity contribution in [1.29, 1.82) is 0 Å². The topological polar surface area (TPSA) is 38.3 Å². The van der Waals surface area contributed by atoms with Gasteiger partial charge in [0.1, 0.15) is 0 Å². The number of esters is 1. The Balaban J connectivity index is 2.21. The highest BCUT2D eigenvalue weighted by molar-refractivity contribution is 5.71. The van der Waals surface area contributed by atoms with Crippen molar-refractivity contribution in [3.05, 3.63) is 0 Å². The Morgan fingerprint density at radius 1 is 1.25 bits per heavy atom. The summed E-state index contributed by atoms with van der Waals surface area (Å²) < 4.78 is 5.05. The van der Waals surface area contributed by atoms with E-state index < -0.39 is 0 Å². The molecular weight excluding hydrogens is 202 g/mol. The lowest BCUT2D eigenvalue weighted by Gasteiger charge is -2.09. The van der Waals surface area contributed by atoms with Crippen LogP contribution in [0.3, 0.4) is 0 Å². The van der Waals surface area contributed by atoms with E-state index >= 15 is 0 Å². The third kappa shape index (κ3) is 2.57. The van der Waals surface area contributed by atoms with Gasteiger partial charge in [0.15, 0.2) is 0 Å². The van der Waals surface area contributed by atoms with Gasteiger partial charge in [-0.1, -0.05) is 27.7 Å². The van der Waals surface area contributed by atoms with Gasteiger partial charge in [-0.15, -0.1) is 0 Å². The lowest BCUT2D eigenvalue weighted by Crippen LogP contribution is -2.29. The Morgan fingerprint density at radius 2 is 1.75 bits per heavy atom. The average molecular weight is 227 g/mol. The predicted octanol–water partition coefficient (Wildman–Crippen LogP) is 2.21. The molecule has 0 heterocycles. The maximum atomic E-state index is 11.3. The van der Waals surface area contributed by atoms with E-state index in [2.05, 4.69) is 33.0 Å². The van der Waals surface area contributed by atoms with E-state index in [4.69, 9.17) is 4.74 Å². The Bertz CT molecular complexity index is 255. The number of hydrogen-bond acceptors (Lipinski definition) is 3. The molecule has 0 aromatic heterocycles. The van der Waals surface area contributed by atoms with E-state index in [9.17, 15) is 4.79 Å². The first-order chi connectivity index (χ1) is 7.19. The first-order valence-corrected chi connectivity index (χ1v) is 6.09. The van der Waals surface area contributed by atoms with Crippen LogP contribution in [0.15, 0.2) is 0 Å². The van der Waals surface area contributed by atoms with Gasteiger partial charge in [0.05, 0.1) is 12.6 Å². The average Bonchev–Trinajstić information content (AvgIpc) is 2.45. The van der Waals surface area contributed by atoms with Crippen molar-refractivity contribution in [3.8, 4) is 0 Å². The van der Waals surface area contributed by atoms with Gasteiger partial charge in [0, 0.05) is 0 Å². The fourth-order valence-electron chi connectivity index (χ4n) is 2.47. The van der Waals surface area contributed by atoms with Gasteiger partial charge in [-0.05, 0) is 37.1 Å². The van der Waals surface area contributed by atoms with Crippen molar-refractivity contribution in [1.82, 2.24) is 5.32 Å². The van der Waals surface area contributed by atoms with Crippen LogP contribution >= 0.6 is 0 Å². The molecule has 1 rings (SSSR count). The van der Waals surface area contributed by atoms with Crippen LogP contribution in [-0.4, -0.2) is 25.2 Å². The van der Waals surface area contributed by atoms with Gasteiger partial charge in [0.2, 0.25) is 0 Å². The Kier molecular flexibility index (Phi) is 3.68. The maximum absolute atomic E-state index is 11.3. The summed E-state index contributed by atoms with van der Waals surface area (Å²) in [6, 6.07) is 0. The predicted molar refractivity (Wildman–Crippen MR) is 65.1 cm³/mol. The number of rotatable bonds is 5. The molecule has 1 N–H and O–H groups in total. The number of ether oxygens (including phenoxy) is 1. The van der Waals surface area contributed by atoms with Crippen LogP contribution in [0.2, 0.25) is 0 Å². The van der Waals surface area contributed by atoms with Crippen molar-refractivity contribution in [2.75, 3.05) is 13.1 Å². The second-order valence-electron chi connectivity index (χ2n) is 6.17. The Hall–Kier alpha value is -0.570. The first kappa shape index (κ1) is 13.5. The second kappa shape index (κ2) is 4.36. The van der Waals surface area contributed by atoms with Gasteiger partial charge >= 0.3 is 5.97 Å². The molecule has 0 aromatic carbocycles. The number of hydrogen-bond donors (Lipinski definition) is 1. The largest absolute Gasteiger partial charge is 0.462 e. The van der Waals surface area contributed by atoms with Crippen molar-refractivity contribution in [2.45, 2.75) is 47.6 Å². The highest BCUT2D eigenvalue weighted by atomic mass is 16.5. The summed E-state index contributed by atoms with van der Waals surface area (Å²) >= 11 is 0. The number of nitrogens with one attached hydrogen (secondary N) is 1. The molecule has 0 unspecified atom stereocenters. The molecule has 0 radical (unpaired) electrons. The van der Waals surface area contributed by atoms with Gasteiger partial charge in [-0.3, -0.25) is 4.79 Å². The fourth-order valence-corrected chi connectivity index (χ4v) is 2.47. The van der Waals surface area contributed by atoms with Crippen molar-refractivity contribution in [2.24, 2.45) is 16.7 Å². The normalized spacial score (nSPS) is 22.2. The molecule has 0 amide bonds.